The van der Waals surface area contributed by atoms with E-state index >= 15 is 0 Å². The summed E-state index contributed by atoms with van der Waals surface area (Å²) in [6, 6.07) is 135. The Balaban J connectivity index is 0.000000136. The van der Waals surface area contributed by atoms with E-state index < -0.39 is 7.12 Å². The number of halogens is 1. The predicted octanol–water partition coefficient (Wildman–Crippen LogP) is 25.1. The molecule has 19 rings (SSSR count). The lowest BCUT2D eigenvalue weighted by Crippen LogP contribution is -2.41. The fraction of sp³-hybridized carbons (Fsp3) is 0.0577. The van der Waals surface area contributed by atoms with Crippen molar-refractivity contribution in [3.63, 3.8) is 0 Å². The lowest BCUT2D eigenvalue weighted by Gasteiger charge is -2.32. The molecule has 1 aliphatic heterocycles. The Morgan fingerprint density at radius 3 is 0.585 bits per heavy atom. The van der Waals surface area contributed by atoms with Crippen LogP contribution in [0, 0.1) is 0 Å². The first-order valence-electron chi connectivity index (χ1n) is 39.2. The molecule has 0 radical (unpaired) electrons. The molecule has 118 heavy (non-hydrogen) atoms. The minimum absolute atomic E-state index is 0.387. The number of rotatable bonds is 16. The van der Waals surface area contributed by atoms with Crippen molar-refractivity contribution in [2.45, 2.75) is 38.9 Å². The van der Waals surface area contributed by atoms with Gasteiger partial charge in [0.25, 0.3) is 0 Å². The molecule has 0 unspecified atom stereocenters. The van der Waals surface area contributed by atoms with Crippen LogP contribution in [-0.4, -0.2) is 68.2 Å². The van der Waals surface area contributed by atoms with Gasteiger partial charge in [-0.1, -0.05) is 404 Å². The van der Waals surface area contributed by atoms with Crippen LogP contribution in [0.1, 0.15) is 27.7 Å². The van der Waals surface area contributed by atoms with Crippen molar-refractivity contribution >= 4 is 28.5 Å². The first-order chi connectivity index (χ1) is 57.9. The van der Waals surface area contributed by atoms with Gasteiger partial charge < -0.3 is 9.31 Å². The molecule has 5 heterocycles. The molecule has 12 nitrogen and oxygen atoms in total. The van der Waals surface area contributed by atoms with Crippen molar-refractivity contribution in [2.24, 2.45) is 0 Å². The van der Waals surface area contributed by atoms with Gasteiger partial charge in [-0.2, -0.15) is 0 Å². The van der Waals surface area contributed by atoms with E-state index in [2.05, 4.69) is 243 Å². The summed E-state index contributed by atoms with van der Waals surface area (Å²) in [7, 11) is -0.412. The molecule has 566 valence electrons. The second kappa shape index (κ2) is 34.8. The molecule has 0 N–H and O–H groups in total. The standard InChI is InChI=1S/C49H33N5.C34H31BN2O2.C21H14BrN3/c1-6-16-36(17-7-1)43-44(37-18-8-2-9-19-37)50-46(51-45(43)38-20-10-3-11-21-38)41-30-26-34(27-31-41)35-28-32-42(33-29-35)49-53-47(39-22-12-4-13-23-39)52-48(54-49)40-24-14-5-15-25-40;1-33(2)34(3,4)39-35(38-33)28-22-20-27(21-23-28)32-36-30(25-16-10-6-11-17-25)29(24-14-8-5-9-15-24)31(37-32)26-18-12-7-13-19-26;22-18-13-11-17(12-14-18)21-24-19(15-7-3-1-4-8-15)23-20(25-21)16-9-5-2-6-10-16/h1-33H;5-23H,1-4H3;1-14H. The van der Waals surface area contributed by atoms with Crippen molar-refractivity contribution in [1.29, 1.82) is 0 Å². The van der Waals surface area contributed by atoms with Gasteiger partial charge in [-0.05, 0) is 67.5 Å². The largest absolute Gasteiger partial charge is 0.494 e. The lowest BCUT2D eigenvalue weighted by molar-refractivity contribution is 0.00578. The predicted molar refractivity (Wildman–Crippen MR) is 482 cm³/mol. The average molecular weight is 1590 g/mol. The van der Waals surface area contributed by atoms with Crippen molar-refractivity contribution in [3.05, 3.63) is 405 Å². The maximum absolute atomic E-state index is 6.26. The smallest absolute Gasteiger partial charge is 0.399 e. The molecule has 14 heteroatoms. The van der Waals surface area contributed by atoms with E-state index in [4.69, 9.17) is 54.2 Å². The Bertz CT molecular complexity index is 6170. The third kappa shape index (κ3) is 17.2. The summed E-state index contributed by atoms with van der Waals surface area (Å²) in [6.07, 6.45) is 0. The highest BCUT2D eigenvalue weighted by molar-refractivity contribution is 9.10. The quantitative estimate of drug-likeness (QED) is 0.0848. The molecule has 0 spiro atoms. The van der Waals surface area contributed by atoms with Crippen LogP contribution in [0.5, 0.6) is 0 Å². The van der Waals surface area contributed by atoms with Crippen LogP contribution in [-0.2, 0) is 9.31 Å². The van der Waals surface area contributed by atoms with Gasteiger partial charge >= 0.3 is 7.12 Å². The maximum Gasteiger partial charge on any atom is 0.494 e. The molecule has 0 atom stereocenters. The first kappa shape index (κ1) is 76.4. The molecule has 4 aromatic heterocycles. The van der Waals surface area contributed by atoms with Gasteiger partial charge in [-0.25, -0.2) is 49.8 Å². The van der Waals surface area contributed by atoms with Gasteiger partial charge in [0.2, 0.25) is 0 Å². The van der Waals surface area contributed by atoms with Gasteiger partial charge in [0.05, 0.1) is 34.0 Å². The lowest BCUT2D eigenvalue weighted by atomic mass is 9.79. The zero-order chi connectivity index (χ0) is 80.2. The monoisotopic (exact) mass is 1590 g/mol. The number of benzene rings is 14. The van der Waals surface area contributed by atoms with E-state index in [-0.39, 0.29) is 11.2 Å². The summed E-state index contributed by atoms with van der Waals surface area (Å²) in [5.41, 5.74) is 21.9. The van der Waals surface area contributed by atoms with Crippen molar-refractivity contribution < 1.29 is 9.31 Å². The summed E-state index contributed by atoms with van der Waals surface area (Å²) < 4.78 is 13.5. The van der Waals surface area contributed by atoms with Gasteiger partial charge in [-0.15, -0.1) is 0 Å². The highest BCUT2D eigenvalue weighted by Crippen LogP contribution is 2.43. The highest BCUT2D eigenvalue weighted by atomic mass is 79.9. The van der Waals surface area contributed by atoms with E-state index in [0.717, 1.165) is 133 Å². The van der Waals surface area contributed by atoms with Gasteiger partial charge in [-0.3, -0.25) is 0 Å². The third-order valence-corrected chi connectivity index (χ3v) is 21.5. The van der Waals surface area contributed by atoms with Crippen LogP contribution in [0.15, 0.2) is 405 Å². The third-order valence-electron chi connectivity index (χ3n) is 20.9. The molecule has 1 fully saturated rings. The molecule has 0 amide bonds. The van der Waals surface area contributed by atoms with E-state index in [1.165, 1.54) is 0 Å². The van der Waals surface area contributed by atoms with Crippen LogP contribution >= 0.6 is 15.9 Å². The second-order valence-corrected chi connectivity index (χ2v) is 30.3. The first-order valence-corrected chi connectivity index (χ1v) is 40.0. The molecular formula is C104H78BBrN10O2. The van der Waals surface area contributed by atoms with Crippen LogP contribution in [0.25, 0.3) is 170 Å². The molecular weight excluding hydrogens is 1510 g/mol. The number of nitrogens with zero attached hydrogens (tertiary/aromatic N) is 10. The molecule has 1 saturated heterocycles. The Hall–Kier alpha value is -14.3. The van der Waals surface area contributed by atoms with Crippen LogP contribution in [0.2, 0.25) is 0 Å². The Morgan fingerprint density at radius 1 is 0.186 bits per heavy atom. The Labute approximate surface area is 696 Å². The molecule has 14 aromatic carbocycles. The molecule has 1 aliphatic rings. The van der Waals surface area contributed by atoms with Crippen molar-refractivity contribution in [1.82, 2.24) is 49.8 Å². The van der Waals surface area contributed by atoms with E-state index in [9.17, 15) is 0 Å². The van der Waals surface area contributed by atoms with Gasteiger partial charge in [0.15, 0.2) is 46.6 Å². The normalized spacial score (nSPS) is 12.5. The van der Waals surface area contributed by atoms with Crippen molar-refractivity contribution in [3.8, 4) is 170 Å². The summed E-state index contributed by atoms with van der Waals surface area (Å²) in [4.78, 5) is 49.5. The van der Waals surface area contributed by atoms with E-state index in [1.807, 2.05) is 206 Å². The SMILES string of the molecule is Brc1ccc(-c2nc(-c3ccccc3)nc(-c3ccccc3)n2)cc1.CC1(C)OB(c2ccc(-c3nc(-c4ccccc4)c(-c4ccccc4)c(-c4ccccc4)n3)cc2)OC1(C)C.c1ccc(-c2nc(-c3ccccc3)nc(-c3ccc(-c4ccc(-c5nc(-c6ccccc6)c(-c6ccccc6)c(-c6ccccc6)n5)cc4)cc3)n2)cc1. The summed E-state index contributed by atoms with van der Waals surface area (Å²) in [5, 5.41) is 0. The van der Waals surface area contributed by atoms with Crippen LogP contribution in [0.3, 0.4) is 0 Å². The van der Waals surface area contributed by atoms with E-state index in [1.54, 1.807) is 0 Å². The number of hydrogen-bond acceptors (Lipinski definition) is 12. The topological polar surface area (TPSA) is 147 Å². The maximum atomic E-state index is 6.26. The average Bonchev–Trinajstić information content (AvgIpc) is 1.64. The van der Waals surface area contributed by atoms with Gasteiger partial charge in [0.1, 0.15) is 0 Å². The second-order valence-electron chi connectivity index (χ2n) is 29.4. The number of aromatic nitrogens is 10. The van der Waals surface area contributed by atoms with Crippen LogP contribution < -0.4 is 5.46 Å². The molecule has 0 saturated carbocycles. The zero-order valence-electron chi connectivity index (χ0n) is 65.3. The molecule has 18 aromatic rings. The van der Waals surface area contributed by atoms with Gasteiger partial charge in [0, 0.05) is 82.4 Å². The fourth-order valence-corrected chi connectivity index (χ4v) is 14.3. The summed E-state index contributed by atoms with van der Waals surface area (Å²) in [6.45, 7) is 8.28. The highest BCUT2D eigenvalue weighted by Gasteiger charge is 2.51. The summed E-state index contributed by atoms with van der Waals surface area (Å²) in [5.74, 6) is 5.28. The van der Waals surface area contributed by atoms with Crippen LogP contribution in [0.4, 0.5) is 0 Å². The van der Waals surface area contributed by atoms with Crippen molar-refractivity contribution in [2.75, 3.05) is 0 Å². The minimum Gasteiger partial charge on any atom is -0.399 e. The fourth-order valence-electron chi connectivity index (χ4n) is 14.0. The Kier molecular flexibility index (Phi) is 22.5. The minimum atomic E-state index is -0.412. The molecule has 0 aliphatic carbocycles. The Morgan fingerprint density at radius 2 is 0.356 bits per heavy atom. The molecule has 0 bridgehead atoms. The zero-order valence-corrected chi connectivity index (χ0v) is 66.9. The summed E-state index contributed by atoms with van der Waals surface area (Å²) >= 11 is 3.47. The van der Waals surface area contributed by atoms with E-state index in [0.29, 0.717) is 46.6 Å². The number of hydrogen-bond donors (Lipinski definition) is 0.